The highest BCUT2D eigenvalue weighted by Crippen LogP contribution is 2.28. The molecule has 5 nitrogen and oxygen atoms in total. The van der Waals surface area contributed by atoms with Crippen molar-refractivity contribution >= 4 is 11.6 Å². The van der Waals surface area contributed by atoms with Crippen LogP contribution >= 0.6 is 0 Å². The van der Waals surface area contributed by atoms with Crippen LogP contribution in [0, 0.1) is 0 Å². The predicted octanol–water partition coefficient (Wildman–Crippen LogP) is 4.67. The fourth-order valence-corrected chi connectivity index (χ4v) is 4.12. The molecule has 178 valence electrons. The van der Waals surface area contributed by atoms with Gasteiger partial charge in [-0.2, -0.15) is 13.2 Å². The number of nitrogens with zero attached hydrogens (tertiary/aromatic N) is 2. The maximum atomic E-state index is 12.3. The summed E-state index contributed by atoms with van der Waals surface area (Å²) < 4.78 is 36.9. The Balaban J connectivity index is 1.34. The number of alkyl halides is 3. The minimum Gasteiger partial charge on any atom is -0.508 e. The second kappa shape index (κ2) is 10.2. The number of carbonyl (C=O) groups is 1. The minimum atomic E-state index is -4.43. The highest BCUT2D eigenvalue weighted by Gasteiger charge is 2.28. The molecule has 3 aromatic rings. The van der Waals surface area contributed by atoms with E-state index >= 15 is 0 Å². The Bertz CT molecular complexity index is 1120. The highest BCUT2D eigenvalue weighted by molar-refractivity contribution is 5.94. The predicted molar refractivity (Wildman–Crippen MR) is 126 cm³/mol. The molecule has 0 aliphatic carbocycles. The molecule has 1 heterocycles. The van der Waals surface area contributed by atoms with Crippen LogP contribution in [0.15, 0.2) is 72.8 Å². The van der Waals surface area contributed by atoms with Crippen LogP contribution in [0.1, 0.15) is 15.9 Å². The molecule has 1 aliphatic rings. The van der Waals surface area contributed by atoms with Gasteiger partial charge in [-0.15, -0.1) is 0 Å². The van der Waals surface area contributed by atoms with E-state index < -0.39 is 18.6 Å². The summed E-state index contributed by atoms with van der Waals surface area (Å²) in [6.07, 6.45) is -4.43. The summed E-state index contributed by atoms with van der Waals surface area (Å²) >= 11 is 0. The Hall–Kier alpha value is -3.52. The third-order valence-electron chi connectivity index (χ3n) is 5.88. The average Bonchev–Trinajstić information content (AvgIpc) is 2.83. The van der Waals surface area contributed by atoms with E-state index in [0.29, 0.717) is 0 Å². The first-order valence-electron chi connectivity index (χ1n) is 11.1. The van der Waals surface area contributed by atoms with E-state index in [-0.39, 0.29) is 11.3 Å². The molecule has 0 bridgehead atoms. The Labute approximate surface area is 196 Å². The van der Waals surface area contributed by atoms with Crippen LogP contribution in [0.2, 0.25) is 0 Å². The quantitative estimate of drug-likeness (QED) is 0.551. The summed E-state index contributed by atoms with van der Waals surface area (Å²) in [5.74, 6) is -0.496. The Morgan fingerprint density at radius 1 is 0.912 bits per heavy atom. The van der Waals surface area contributed by atoms with Gasteiger partial charge in [-0.3, -0.25) is 9.69 Å². The number of halogens is 3. The van der Waals surface area contributed by atoms with Crippen molar-refractivity contribution in [2.45, 2.75) is 12.7 Å². The number of phenols is 1. The van der Waals surface area contributed by atoms with Gasteiger partial charge in [0.2, 0.25) is 0 Å². The van der Waals surface area contributed by atoms with E-state index in [9.17, 15) is 23.1 Å². The van der Waals surface area contributed by atoms with Gasteiger partial charge >= 0.3 is 6.18 Å². The second-order valence-corrected chi connectivity index (χ2v) is 8.32. The Morgan fingerprint density at radius 2 is 1.62 bits per heavy atom. The van der Waals surface area contributed by atoms with Crippen LogP contribution in [0.5, 0.6) is 5.75 Å². The first-order chi connectivity index (χ1) is 16.3. The minimum absolute atomic E-state index is 0.204. The van der Waals surface area contributed by atoms with Crippen LogP contribution in [0.3, 0.4) is 0 Å². The van der Waals surface area contributed by atoms with Crippen LogP contribution in [0.25, 0.3) is 11.1 Å². The SMILES string of the molecule is O=C(NCC(F)(F)F)c1ccc(N2CCN(Cc3ccccc3-c3cccc(O)c3)CC2)cc1. The van der Waals surface area contributed by atoms with E-state index in [1.54, 1.807) is 36.4 Å². The fraction of sp³-hybridized carbons (Fsp3) is 0.269. The molecule has 4 rings (SSSR count). The number of benzene rings is 3. The number of aromatic hydroxyl groups is 1. The molecule has 3 aromatic carbocycles. The molecule has 2 N–H and O–H groups in total. The molecule has 0 saturated carbocycles. The van der Waals surface area contributed by atoms with E-state index in [1.165, 1.54) is 5.56 Å². The molecular formula is C26H26F3N3O2. The summed E-state index contributed by atoms with van der Waals surface area (Å²) in [5.41, 5.74) is 4.41. The largest absolute Gasteiger partial charge is 0.508 e. The van der Waals surface area contributed by atoms with Crippen molar-refractivity contribution in [1.29, 1.82) is 0 Å². The second-order valence-electron chi connectivity index (χ2n) is 8.32. The zero-order valence-electron chi connectivity index (χ0n) is 18.6. The van der Waals surface area contributed by atoms with Gasteiger partial charge in [0.05, 0.1) is 0 Å². The topological polar surface area (TPSA) is 55.8 Å². The lowest BCUT2D eigenvalue weighted by Gasteiger charge is -2.36. The van der Waals surface area contributed by atoms with Crippen molar-refractivity contribution in [1.82, 2.24) is 10.2 Å². The van der Waals surface area contributed by atoms with Crippen molar-refractivity contribution in [2.75, 3.05) is 37.6 Å². The van der Waals surface area contributed by atoms with Crippen LogP contribution in [-0.4, -0.2) is 54.8 Å². The first-order valence-corrected chi connectivity index (χ1v) is 11.1. The molecule has 34 heavy (non-hydrogen) atoms. The Morgan fingerprint density at radius 3 is 2.29 bits per heavy atom. The van der Waals surface area contributed by atoms with Crippen molar-refractivity contribution in [2.24, 2.45) is 0 Å². The fourth-order valence-electron chi connectivity index (χ4n) is 4.12. The van der Waals surface area contributed by atoms with Gasteiger partial charge in [0.15, 0.2) is 0 Å². The first kappa shape index (κ1) is 23.6. The summed E-state index contributed by atoms with van der Waals surface area (Å²) in [5, 5.41) is 11.7. The van der Waals surface area contributed by atoms with Gasteiger partial charge in [-0.25, -0.2) is 0 Å². The van der Waals surface area contributed by atoms with E-state index in [1.807, 2.05) is 29.6 Å². The number of anilines is 1. The van der Waals surface area contributed by atoms with Gasteiger partial charge in [0, 0.05) is 44.0 Å². The lowest BCUT2D eigenvalue weighted by molar-refractivity contribution is -0.123. The number of rotatable bonds is 6. The van der Waals surface area contributed by atoms with Crippen LogP contribution < -0.4 is 10.2 Å². The van der Waals surface area contributed by atoms with Crippen molar-refractivity contribution in [3.05, 3.63) is 83.9 Å². The molecule has 0 radical (unpaired) electrons. The van der Waals surface area contributed by atoms with E-state index in [0.717, 1.165) is 49.5 Å². The highest BCUT2D eigenvalue weighted by atomic mass is 19.4. The molecule has 1 saturated heterocycles. The number of piperazine rings is 1. The summed E-state index contributed by atoms with van der Waals surface area (Å²) in [6.45, 7) is 2.74. The zero-order chi connectivity index (χ0) is 24.1. The number of hydrogen-bond acceptors (Lipinski definition) is 4. The molecule has 0 aromatic heterocycles. The summed E-state index contributed by atoms with van der Waals surface area (Å²) in [6, 6.07) is 22.1. The van der Waals surface area contributed by atoms with Crippen molar-refractivity contribution < 1.29 is 23.1 Å². The third-order valence-corrected chi connectivity index (χ3v) is 5.88. The van der Waals surface area contributed by atoms with Gasteiger partial charge in [0.1, 0.15) is 12.3 Å². The Kier molecular flexibility index (Phi) is 7.07. The summed E-state index contributed by atoms with van der Waals surface area (Å²) in [7, 11) is 0. The van der Waals surface area contributed by atoms with Crippen LogP contribution in [0.4, 0.5) is 18.9 Å². The van der Waals surface area contributed by atoms with Gasteiger partial charge in [-0.05, 0) is 53.1 Å². The van der Waals surface area contributed by atoms with Crippen molar-refractivity contribution in [3.8, 4) is 16.9 Å². The maximum Gasteiger partial charge on any atom is 0.405 e. The molecular weight excluding hydrogens is 443 g/mol. The lowest BCUT2D eigenvalue weighted by atomic mass is 9.99. The lowest BCUT2D eigenvalue weighted by Crippen LogP contribution is -2.46. The number of hydrogen-bond donors (Lipinski definition) is 2. The van der Waals surface area contributed by atoms with Gasteiger partial charge in [-0.1, -0.05) is 36.4 Å². The number of carbonyl (C=O) groups excluding carboxylic acids is 1. The smallest absolute Gasteiger partial charge is 0.405 e. The molecule has 8 heteroatoms. The molecule has 1 aliphatic heterocycles. The molecule has 1 fully saturated rings. The average molecular weight is 470 g/mol. The standard InChI is InChI=1S/C26H26F3N3O2/c27-26(28,29)18-30-25(34)19-8-10-22(11-9-19)32-14-12-31(13-15-32)17-21-4-1-2-7-24(21)20-5-3-6-23(33)16-20/h1-11,16,33H,12-15,17-18H2,(H,30,34). The van der Waals surface area contributed by atoms with Gasteiger partial charge < -0.3 is 15.3 Å². The monoisotopic (exact) mass is 469 g/mol. The molecule has 0 spiro atoms. The number of phenolic OH excluding ortho intramolecular Hbond substituents is 1. The van der Waals surface area contributed by atoms with Crippen molar-refractivity contribution in [3.63, 3.8) is 0 Å². The molecule has 0 atom stereocenters. The maximum absolute atomic E-state index is 12.3. The van der Waals surface area contributed by atoms with Crippen LogP contribution in [-0.2, 0) is 6.54 Å². The van der Waals surface area contributed by atoms with E-state index in [4.69, 9.17) is 0 Å². The summed E-state index contributed by atoms with van der Waals surface area (Å²) in [4.78, 5) is 16.5. The third kappa shape index (κ3) is 6.08. The number of amides is 1. The molecule has 0 unspecified atom stereocenters. The van der Waals surface area contributed by atoms with E-state index in [2.05, 4.69) is 21.9 Å². The van der Waals surface area contributed by atoms with Gasteiger partial charge in [0.25, 0.3) is 5.91 Å². The zero-order valence-corrected chi connectivity index (χ0v) is 18.6. The normalized spacial score (nSPS) is 14.7. The number of nitrogens with one attached hydrogen (secondary N) is 1. The molecule has 1 amide bonds.